The standard InChI is InChI=1S/C18H20N6O3/c1-11-14(12(2)27-24-11)8-9-16(25)26-10-15-21-17(19)23-18(22-15)20-13-6-4-3-5-7-13/h3-7H,8-10H2,1-2H3,(H3,19,20,21,22,23). The van der Waals surface area contributed by atoms with Crippen molar-refractivity contribution in [2.45, 2.75) is 33.3 Å². The van der Waals surface area contributed by atoms with Crippen LogP contribution in [0.2, 0.25) is 0 Å². The lowest BCUT2D eigenvalue weighted by atomic mass is 10.1. The van der Waals surface area contributed by atoms with Crippen molar-refractivity contribution in [2.75, 3.05) is 11.1 Å². The number of nitrogens with one attached hydrogen (secondary N) is 1. The molecule has 0 fully saturated rings. The fourth-order valence-corrected chi connectivity index (χ4v) is 2.51. The second-order valence-corrected chi connectivity index (χ2v) is 5.89. The number of rotatable bonds is 7. The van der Waals surface area contributed by atoms with Crippen molar-refractivity contribution in [1.29, 1.82) is 0 Å². The van der Waals surface area contributed by atoms with Crippen molar-refractivity contribution < 1.29 is 14.1 Å². The summed E-state index contributed by atoms with van der Waals surface area (Å²) in [6, 6.07) is 9.41. The fraction of sp³-hybridized carbons (Fsp3) is 0.278. The summed E-state index contributed by atoms with van der Waals surface area (Å²) < 4.78 is 10.3. The van der Waals surface area contributed by atoms with Crippen molar-refractivity contribution in [3.8, 4) is 0 Å². The molecule has 0 saturated carbocycles. The molecule has 9 nitrogen and oxygen atoms in total. The zero-order valence-electron chi connectivity index (χ0n) is 15.1. The molecule has 0 amide bonds. The van der Waals surface area contributed by atoms with Gasteiger partial charge in [-0.2, -0.15) is 15.0 Å². The molecule has 9 heteroatoms. The average molecular weight is 368 g/mol. The first-order valence-corrected chi connectivity index (χ1v) is 8.41. The first-order chi connectivity index (χ1) is 13.0. The molecular formula is C18H20N6O3. The Kier molecular flexibility index (Phi) is 5.60. The van der Waals surface area contributed by atoms with Crippen LogP contribution in [0.25, 0.3) is 0 Å². The molecule has 27 heavy (non-hydrogen) atoms. The van der Waals surface area contributed by atoms with Gasteiger partial charge in [0.1, 0.15) is 5.76 Å². The number of hydrogen-bond acceptors (Lipinski definition) is 9. The lowest BCUT2D eigenvalue weighted by Gasteiger charge is -2.08. The number of para-hydroxylation sites is 1. The SMILES string of the molecule is Cc1noc(C)c1CCC(=O)OCc1nc(N)nc(Nc2ccccc2)n1. The predicted octanol–water partition coefficient (Wildman–Crippen LogP) is 2.48. The van der Waals surface area contributed by atoms with E-state index in [1.807, 2.05) is 44.2 Å². The summed E-state index contributed by atoms with van der Waals surface area (Å²) in [7, 11) is 0. The maximum Gasteiger partial charge on any atom is 0.306 e. The van der Waals surface area contributed by atoms with E-state index >= 15 is 0 Å². The molecule has 140 valence electrons. The Labute approximate surface area is 156 Å². The van der Waals surface area contributed by atoms with Gasteiger partial charge in [0.2, 0.25) is 11.9 Å². The highest BCUT2D eigenvalue weighted by molar-refractivity contribution is 5.69. The normalized spacial score (nSPS) is 10.6. The molecule has 0 aliphatic carbocycles. The number of anilines is 3. The van der Waals surface area contributed by atoms with E-state index in [4.69, 9.17) is 15.0 Å². The molecule has 0 radical (unpaired) electrons. The van der Waals surface area contributed by atoms with Crippen LogP contribution in [0.5, 0.6) is 0 Å². The molecular weight excluding hydrogens is 348 g/mol. The Bertz CT molecular complexity index is 907. The highest BCUT2D eigenvalue weighted by atomic mass is 16.5. The van der Waals surface area contributed by atoms with Gasteiger partial charge in [0.05, 0.1) is 5.69 Å². The molecule has 3 aromatic rings. The summed E-state index contributed by atoms with van der Waals surface area (Å²) in [5, 5.41) is 6.90. The second-order valence-electron chi connectivity index (χ2n) is 5.89. The Morgan fingerprint density at radius 2 is 1.96 bits per heavy atom. The van der Waals surface area contributed by atoms with Gasteiger partial charge < -0.3 is 20.3 Å². The quantitative estimate of drug-likeness (QED) is 0.604. The zero-order chi connectivity index (χ0) is 19.2. The second kappa shape index (κ2) is 8.26. The van der Waals surface area contributed by atoms with Crippen LogP contribution in [0.3, 0.4) is 0 Å². The highest BCUT2D eigenvalue weighted by Gasteiger charge is 2.13. The number of nitrogens with zero attached hydrogens (tertiary/aromatic N) is 4. The third kappa shape index (κ3) is 5.00. The molecule has 2 aromatic heterocycles. The van der Waals surface area contributed by atoms with Gasteiger partial charge in [-0.15, -0.1) is 0 Å². The maximum absolute atomic E-state index is 12.0. The number of nitrogen functional groups attached to an aromatic ring is 1. The number of carbonyl (C=O) groups is 1. The van der Waals surface area contributed by atoms with Gasteiger partial charge >= 0.3 is 5.97 Å². The van der Waals surface area contributed by atoms with Gasteiger partial charge in [0.15, 0.2) is 12.4 Å². The molecule has 0 saturated heterocycles. The smallest absolute Gasteiger partial charge is 0.306 e. The summed E-state index contributed by atoms with van der Waals surface area (Å²) in [5.41, 5.74) is 8.23. The maximum atomic E-state index is 12.0. The van der Waals surface area contributed by atoms with E-state index in [-0.39, 0.29) is 36.7 Å². The number of benzene rings is 1. The molecule has 2 heterocycles. The number of aryl methyl sites for hydroxylation is 2. The number of nitrogens with two attached hydrogens (primary N) is 1. The van der Waals surface area contributed by atoms with E-state index in [0.717, 1.165) is 16.9 Å². The Hall–Kier alpha value is -3.49. The summed E-state index contributed by atoms with van der Waals surface area (Å²) in [4.78, 5) is 24.3. The van der Waals surface area contributed by atoms with Crippen LogP contribution in [0.15, 0.2) is 34.9 Å². The molecule has 0 atom stereocenters. The van der Waals surface area contributed by atoms with Gasteiger partial charge in [0, 0.05) is 17.7 Å². The van der Waals surface area contributed by atoms with E-state index in [1.54, 1.807) is 0 Å². The zero-order valence-corrected chi connectivity index (χ0v) is 15.1. The first kappa shape index (κ1) is 18.3. The number of carbonyl (C=O) groups excluding carboxylic acids is 1. The minimum atomic E-state index is -0.369. The monoisotopic (exact) mass is 368 g/mol. The fourth-order valence-electron chi connectivity index (χ4n) is 2.51. The van der Waals surface area contributed by atoms with Crippen LogP contribution in [-0.2, 0) is 22.6 Å². The van der Waals surface area contributed by atoms with Crippen LogP contribution in [0.4, 0.5) is 17.6 Å². The number of esters is 1. The third-order valence-corrected chi connectivity index (χ3v) is 3.85. The van der Waals surface area contributed by atoms with E-state index < -0.39 is 0 Å². The van der Waals surface area contributed by atoms with Gasteiger partial charge in [0.25, 0.3) is 0 Å². The first-order valence-electron chi connectivity index (χ1n) is 8.41. The van der Waals surface area contributed by atoms with E-state index in [0.29, 0.717) is 12.2 Å². The molecule has 0 spiro atoms. The summed E-state index contributed by atoms with van der Waals surface area (Å²) in [6.07, 6.45) is 0.707. The van der Waals surface area contributed by atoms with Crippen molar-refractivity contribution >= 4 is 23.6 Å². The topological polar surface area (TPSA) is 129 Å². The molecule has 1 aromatic carbocycles. The van der Waals surface area contributed by atoms with Crippen LogP contribution < -0.4 is 11.1 Å². The van der Waals surface area contributed by atoms with Crippen LogP contribution in [0.1, 0.15) is 29.3 Å². The van der Waals surface area contributed by atoms with Gasteiger partial charge in [-0.1, -0.05) is 23.4 Å². The highest BCUT2D eigenvalue weighted by Crippen LogP contribution is 2.15. The summed E-state index contributed by atoms with van der Waals surface area (Å²) in [5.74, 6) is 0.945. The molecule has 0 aliphatic heterocycles. The minimum Gasteiger partial charge on any atom is -0.457 e. The molecule has 0 bridgehead atoms. The van der Waals surface area contributed by atoms with Gasteiger partial charge in [-0.05, 0) is 32.4 Å². The lowest BCUT2D eigenvalue weighted by Crippen LogP contribution is -2.11. The predicted molar refractivity (Wildman–Crippen MR) is 98.1 cm³/mol. The summed E-state index contributed by atoms with van der Waals surface area (Å²) >= 11 is 0. The van der Waals surface area contributed by atoms with E-state index in [2.05, 4.69) is 25.4 Å². The van der Waals surface area contributed by atoms with Crippen LogP contribution in [-0.4, -0.2) is 26.1 Å². The number of ether oxygens (including phenoxy) is 1. The minimum absolute atomic E-state index is 0.0465. The number of aromatic nitrogens is 4. The lowest BCUT2D eigenvalue weighted by molar-refractivity contribution is -0.145. The van der Waals surface area contributed by atoms with Crippen LogP contribution >= 0.6 is 0 Å². The third-order valence-electron chi connectivity index (χ3n) is 3.85. The summed E-state index contributed by atoms with van der Waals surface area (Å²) in [6.45, 7) is 3.57. The molecule has 0 aliphatic rings. The largest absolute Gasteiger partial charge is 0.457 e. The molecule has 3 N–H and O–H groups in total. The molecule has 0 unspecified atom stereocenters. The van der Waals surface area contributed by atoms with Crippen LogP contribution in [0, 0.1) is 13.8 Å². The van der Waals surface area contributed by atoms with Crippen molar-refractivity contribution in [1.82, 2.24) is 20.1 Å². The van der Waals surface area contributed by atoms with Crippen molar-refractivity contribution in [2.24, 2.45) is 0 Å². The Morgan fingerprint density at radius 1 is 1.19 bits per heavy atom. The van der Waals surface area contributed by atoms with Gasteiger partial charge in [-0.3, -0.25) is 4.79 Å². The van der Waals surface area contributed by atoms with E-state index in [9.17, 15) is 4.79 Å². The van der Waals surface area contributed by atoms with Crippen molar-refractivity contribution in [3.05, 3.63) is 53.2 Å². The van der Waals surface area contributed by atoms with Crippen molar-refractivity contribution in [3.63, 3.8) is 0 Å². The number of hydrogen-bond donors (Lipinski definition) is 2. The van der Waals surface area contributed by atoms with Gasteiger partial charge in [-0.25, -0.2) is 0 Å². The molecule has 3 rings (SSSR count). The average Bonchev–Trinajstić information content (AvgIpc) is 2.96. The Balaban J connectivity index is 1.56. The van der Waals surface area contributed by atoms with E-state index in [1.165, 1.54) is 0 Å². The Morgan fingerprint density at radius 3 is 2.67 bits per heavy atom.